The van der Waals surface area contributed by atoms with Crippen LogP contribution in [-0.4, -0.2) is 209 Å². The predicted molar refractivity (Wildman–Crippen MR) is 345 cm³/mol. The number of sulfone groups is 3. The lowest BCUT2D eigenvalue weighted by Crippen LogP contribution is -2.29. The molecule has 3 aliphatic rings. The van der Waals surface area contributed by atoms with Gasteiger partial charge >= 0.3 is 36.0 Å². The zero-order valence-electron chi connectivity index (χ0n) is 53.5. The van der Waals surface area contributed by atoms with Gasteiger partial charge in [-0.2, -0.15) is 0 Å². The summed E-state index contributed by atoms with van der Waals surface area (Å²) in [5.74, 6) is -7.55. The van der Waals surface area contributed by atoms with Crippen molar-refractivity contribution in [2.45, 2.75) is 110 Å². The molecule has 3 atom stereocenters. The number of alkyl halides is 1. The minimum atomic E-state index is -3.37. The van der Waals surface area contributed by atoms with E-state index in [-0.39, 0.29) is 102 Å². The summed E-state index contributed by atoms with van der Waals surface area (Å²) in [5, 5.41) is 24.9. The van der Waals surface area contributed by atoms with E-state index < -0.39 is 108 Å². The zero-order chi connectivity index (χ0) is 71.1. The summed E-state index contributed by atoms with van der Waals surface area (Å²) in [4.78, 5) is 104. The largest absolute Gasteiger partial charge is 0.505 e. The number of nitrogens with zero attached hydrogens (tertiary/aromatic N) is 3. The number of aliphatic carboxylic acids is 1. The summed E-state index contributed by atoms with van der Waals surface area (Å²) in [6.45, 7) is 9.41. The number of carbonyl (C=O) groups excluding carboxylic acids is 8. The molecule has 3 fully saturated rings. The quantitative estimate of drug-likeness (QED) is 0.0186. The first kappa shape index (κ1) is 81.6. The predicted octanol–water partition coefficient (Wildman–Crippen LogP) is 6.25. The Morgan fingerprint density at radius 3 is 1.13 bits per heavy atom. The van der Waals surface area contributed by atoms with E-state index in [1.165, 1.54) is 57.2 Å². The third-order valence-corrected chi connectivity index (χ3v) is 20.5. The lowest BCUT2D eigenvalue weighted by Gasteiger charge is -2.15. The van der Waals surface area contributed by atoms with Crippen molar-refractivity contribution >= 4 is 99.2 Å². The van der Waals surface area contributed by atoms with Gasteiger partial charge in [-0.05, 0) is 123 Å². The molecule has 0 bridgehead atoms. The van der Waals surface area contributed by atoms with Gasteiger partial charge in [0.2, 0.25) is 17.7 Å². The van der Waals surface area contributed by atoms with Crippen LogP contribution in [0.5, 0.6) is 17.2 Å². The van der Waals surface area contributed by atoms with Gasteiger partial charge in [-0.15, -0.1) is 0 Å². The minimum Gasteiger partial charge on any atom is -0.505 e. The first-order valence-electron chi connectivity index (χ1n) is 30.5. The second-order valence-electron chi connectivity index (χ2n) is 22.4. The highest BCUT2D eigenvalue weighted by atomic mass is 79.9. The molecule has 0 aromatic heterocycles. The van der Waals surface area contributed by atoms with Gasteiger partial charge in [-0.25, -0.2) is 62.4 Å². The normalized spacial score (nSPS) is 14.8. The Bertz CT molecular complexity index is 3480. The van der Waals surface area contributed by atoms with E-state index in [1.807, 2.05) is 0 Å². The Morgan fingerprint density at radius 1 is 0.505 bits per heavy atom. The molecule has 0 spiro atoms. The number of hydrogen-bond donors (Lipinski definition) is 5. The molecule has 0 saturated carbocycles. The second kappa shape index (κ2) is 40.7. The van der Waals surface area contributed by atoms with Crippen molar-refractivity contribution in [3.63, 3.8) is 0 Å². The van der Waals surface area contributed by atoms with E-state index in [9.17, 15) is 86.7 Å². The summed E-state index contributed by atoms with van der Waals surface area (Å²) in [6, 6.07) is 10.6. The Kier molecular flexibility index (Phi) is 35.0. The maximum Gasteiger partial charge on any atom is 0.344 e. The third kappa shape index (κ3) is 31.7. The Balaban J connectivity index is 0.000000354. The highest BCUT2D eigenvalue weighted by Crippen LogP contribution is 2.28. The molecular formula is C61H84BrF3N6O21S3. The molecule has 3 heterocycles. The molecular weight excluding hydrogens is 1390 g/mol. The number of phenols is 1. The monoisotopic (exact) mass is 1470 g/mol. The number of benzene rings is 3. The molecule has 3 aromatic carbocycles. The molecule has 3 aliphatic heterocycles. The van der Waals surface area contributed by atoms with E-state index in [1.54, 1.807) is 34.6 Å². The van der Waals surface area contributed by atoms with Crippen molar-refractivity contribution in [1.29, 1.82) is 0 Å². The number of aromatic hydroxyl groups is 1. The van der Waals surface area contributed by atoms with Gasteiger partial charge in [0.05, 0.1) is 47.7 Å². The molecule has 0 radical (unpaired) electrons. The van der Waals surface area contributed by atoms with E-state index in [2.05, 4.69) is 36.6 Å². The molecule has 0 aliphatic carbocycles. The van der Waals surface area contributed by atoms with E-state index in [4.69, 9.17) is 19.3 Å². The van der Waals surface area contributed by atoms with Crippen molar-refractivity contribution in [3.05, 3.63) is 88.7 Å². The third-order valence-electron chi connectivity index (χ3n) is 14.3. The molecule has 95 heavy (non-hydrogen) atoms. The number of rotatable bonds is 36. The van der Waals surface area contributed by atoms with Gasteiger partial charge in [0.25, 0.3) is 0 Å². The van der Waals surface area contributed by atoms with Crippen LogP contribution in [0.25, 0.3) is 0 Å². The average Bonchev–Trinajstić information content (AvgIpc) is 1.87. The maximum atomic E-state index is 14.0. The smallest absolute Gasteiger partial charge is 0.344 e. The molecule has 3 aromatic rings. The van der Waals surface area contributed by atoms with Crippen LogP contribution in [0.2, 0.25) is 0 Å². The second-order valence-corrected chi connectivity index (χ2v) is 29.6. The molecule has 3 saturated heterocycles. The fraction of sp³-hybridized carbons (Fsp3) is 0.557. The number of carboxylic acid groups (broad SMARTS) is 1. The van der Waals surface area contributed by atoms with Crippen LogP contribution in [0, 0.1) is 17.5 Å². The lowest BCUT2D eigenvalue weighted by molar-refractivity contribution is -0.145. The number of nitrogens with one attached hydrogen (secondary N) is 3. The molecule has 5 N–H and O–H groups in total. The first-order valence-corrected chi connectivity index (χ1v) is 37.0. The molecule has 6 rings (SSSR count). The fourth-order valence-corrected chi connectivity index (χ4v) is 14.9. The van der Waals surface area contributed by atoms with Crippen molar-refractivity contribution in [2.75, 3.05) is 106 Å². The van der Waals surface area contributed by atoms with Crippen LogP contribution in [0.1, 0.15) is 127 Å². The number of imide groups is 3. The fourth-order valence-electron chi connectivity index (χ4n) is 9.47. The molecule has 0 unspecified atom stereocenters. The van der Waals surface area contributed by atoms with Gasteiger partial charge in [-0.1, -0.05) is 74.2 Å². The van der Waals surface area contributed by atoms with Crippen LogP contribution in [-0.2, 0) is 67.8 Å². The number of esters is 2. The number of hydrogen-bond acceptors (Lipinski definition) is 20. The first-order chi connectivity index (χ1) is 44.7. The maximum absolute atomic E-state index is 14.0. The van der Waals surface area contributed by atoms with Gasteiger partial charge in [-0.3, -0.25) is 35.1 Å². The zero-order valence-corrected chi connectivity index (χ0v) is 57.6. The Morgan fingerprint density at radius 2 is 0.832 bits per heavy atom. The number of carboxylic acids is 1. The summed E-state index contributed by atoms with van der Waals surface area (Å²) < 4.78 is 134. The number of urea groups is 3. The molecule has 530 valence electrons. The van der Waals surface area contributed by atoms with Crippen molar-refractivity contribution in [1.82, 2.24) is 30.7 Å². The van der Waals surface area contributed by atoms with Crippen LogP contribution < -0.4 is 25.4 Å². The van der Waals surface area contributed by atoms with Gasteiger partial charge in [0.15, 0.2) is 77.4 Å². The Labute approximate surface area is 559 Å². The average molecular weight is 1470 g/mol. The van der Waals surface area contributed by atoms with Crippen LogP contribution >= 0.6 is 15.9 Å². The number of halogens is 4. The van der Waals surface area contributed by atoms with Crippen molar-refractivity contribution < 1.29 is 111 Å². The Hall–Kier alpha value is -7.59. The number of unbranched alkanes of at least 4 members (excludes halogenated alkanes) is 6. The molecule has 34 heteroatoms. The van der Waals surface area contributed by atoms with E-state index in [0.29, 0.717) is 106 Å². The van der Waals surface area contributed by atoms with Crippen molar-refractivity contribution in [3.8, 4) is 17.2 Å². The van der Waals surface area contributed by atoms with Crippen LogP contribution in [0.15, 0.2) is 54.6 Å². The summed E-state index contributed by atoms with van der Waals surface area (Å²) in [6.07, 6.45) is 4.97. The van der Waals surface area contributed by atoms with Gasteiger partial charge < -0.3 is 43.9 Å². The van der Waals surface area contributed by atoms with Crippen LogP contribution in [0.4, 0.5) is 27.6 Å². The number of ether oxygens (including phenoxy) is 4. The number of carbonyl (C=O) groups is 9. The number of amides is 9. The summed E-state index contributed by atoms with van der Waals surface area (Å²) in [5.41, 5.74) is 1.68. The van der Waals surface area contributed by atoms with E-state index in [0.717, 1.165) is 12.1 Å². The summed E-state index contributed by atoms with van der Waals surface area (Å²) >= 11 is 2.94. The lowest BCUT2D eigenvalue weighted by atomic mass is 10.0. The van der Waals surface area contributed by atoms with E-state index >= 15 is 0 Å². The minimum absolute atomic E-state index is 0.00409. The summed E-state index contributed by atoms with van der Waals surface area (Å²) in [7, 11) is -10.0. The topological polar surface area (TPSA) is 379 Å². The standard InChI is InChI=1S/C21H29FN2O7S.C19H25FN2O7S.C17H23FN2O5S.C4H7BrO2/c1-3-30-20(26)13-31-18-11-16(7-8-17(18)22)15(2)14-32(28,29)10-6-4-5-9-24-12-19(25)23-21(24)27;1-13(14-5-6-15(20)16(9-14)29-11-18(24)25)12-30(27,28)8-4-2-3-7-22-10-17(23)21-19(22)26;1-12(13-5-6-14(18)15(21)9-13)11-26(24,25)8-4-2-3-7-20-10-16(22)19-17(20)23;1-2-7-4(6)3-5/h7-8,11,15H,3-6,9-10,12-14H2,1-2H3,(H,23,25,27);5-6,9,13H,2-4,7-8,10-12H2,1H3,(H,24,25)(H,21,23,26);5-6,9,12,21H,2-4,7-8,10-11H2,1H3,(H,19,22,23);2-3H2,1H3/t15-;13-;12-;/m000./s1. The van der Waals surface area contributed by atoms with Gasteiger partial charge in [0.1, 0.15) is 25.0 Å². The van der Waals surface area contributed by atoms with Gasteiger partial charge in [0, 0.05) is 19.6 Å². The SMILES string of the molecule is CCOC(=O)CBr.CCOC(=O)COc1cc([C@@H](C)CS(=O)(=O)CCCCCN2CC(=O)NC2=O)ccc1F.C[C@@H](CS(=O)(=O)CCCCCN1CC(=O)NC1=O)c1ccc(F)c(O)c1.C[C@@H](CS(=O)(=O)CCCCCN1CC(=O)NC1=O)c1ccc(F)c(OCC(=O)O)c1. The van der Waals surface area contributed by atoms with Crippen molar-refractivity contribution in [2.24, 2.45) is 0 Å². The highest BCUT2D eigenvalue weighted by Gasteiger charge is 2.29. The molecule has 9 amide bonds. The molecule has 27 nitrogen and oxygen atoms in total. The van der Waals surface area contributed by atoms with Crippen LogP contribution in [0.3, 0.4) is 0 Å². The highest BCUT2D eigenvalue weighted by molar-refractivity contribution is 9.09. The number of phenolic OH excluding ortho intramolecular Hbond substituents is 1.